The lowest BCUT2D eigenvalue weighted by molar-refractivity contribution is 0.764. The molecule has 2 aromatic heterocycles. The van der Waals surface area contributed by atoms with Crippen LogP contribution in [0.5, 0.6) is 0 Å². The van der Waals surface area contributed by atoms with E-state index < -0.39 is 0 Å². The second-order valence-electron chi connectivity index (χ2n) is 3.95. The molecule has 0 bridgehead atoms. The van der Waals surface area contributed by atoms with Crippen molar-refractivity contribution in [3.8, 4) is 0 Å². The molecule has 16 heavy (non-hydrogen) atoms. The summed E-state index contributed by atoms with van der Waals surface area (Å²) in [6.45, 7) is 0. The molecule has 2 aromatic rings. The number of anilines is 1. The molecule has 2 N–H and O–H groups in total. The number of nitrogen functional groups attached to an aromatic ring is 1. The Kier molecular flexibility index (Phi) is 3.19. The van der Waals surface area contributed by atoms with Crippen molar-refractivity contribution in [3.63, 3.8) is 0 Å². The van der Waals surface area contributed by atoms with Gasteiger partial charge in [-0.3, -0.25) is 9.67 Å². The van der Waals surface area contributed by atoms with Gasteiger partial charge in [0.05, 0.1) is 6.20 Å². The lowest BCUT2D eigenvalue weighted by Crippen LogP contribution is -1.96. The van der Waals surface area contributed by atoms with Crippen LogP contribution in [-0.2, 0) is 19.9 Å². The maximum absolute atomic E-state index is 5.85. The monoisotopic (exact) mass is 216 g/mol. The molecule has 0 saturated carbocycles. The number of hydrogen-bond acceptors (Lipinski definition) is 3. The Hall–Kier alpha value is -1.84. The van der Waals surface area contributed by atoms with Crippen LogP contribution in [0.25, 0.3) is 0 Å². The maximum atomic E-state index is 5.85. The first-order chi connectivity index (χ1) is 7.75. The Morgan fingerprint density at radius 2 is 2.19 bits per heavy atom. The SMILES string of the molecule is Cn1cc(CCCc2cnccc2N)cn1. The molecule has 0 saturated heterocycles. The minimum atomic E-state index is 0.834. The molecule has 4 heteroatoms. The Balaban J connectivity index is 1.87. The summed E-state index contributed by atoms with van der Waals surface area (Å²) in [4.78, 5) is 4.08. The summed E-state index contributed by atoms with van der Waals surface area (Å²) in [5.41, 5.74) is 9.08. The third kappa shape index (κ3) is 2.59. The maximum Gasteiger partial charge on any atom is 0.0521 e. The van der Waals surface area contributed by atoms with Crippen LogP contribution in [0.1, 0.15) is 17.5 Å². The molecule has 84 valence electrons. The van der Waals surface area contributed by atoms with E-state index in [2.05, 4.69) is 10.1 Å². The predicted octanol–water partition coefficient (Wildman–Crippen LogP) is 1.57. The van der Waals surface area contributed by atoms with Gasteiger partial charge >= 0.3 is 0 Å². The third-order valence-corrected chi connectivity index (χ3v) is 2.61. The molecular formula is C12H16N4. The largest absolute Gasteiger partial charge is 0.398 e. The molecule has 0 aliphatic carbocycles. The normalized spacial score (nSPS) is 10.6. The van der Waals surface area contributed by atoms with E-state index in [1.54, 1.807) is 6.20 Å². The number of hydrogen-bond donors (Lipinski definition) is 1. The van der Waals surface area contributed by atoms with Crippen LogP contribution < -0.4 is 5.73 Å². The van der Waals surface area contributed by atoms with E-state index in [4.69, 9.17) is 5.73 Å². The van der Waals surface area contributed by atoms with Gasteiger partial charge in [0.15, 0.2) is 0 Å². The van der Waals surface area contributed by atoms with Crippen LogP contribution in [0.4, 0.5) is 5.69 Å². The fraction of sp³-hybridized carbons (Fsp3) is 0.333. The lowest BCUT2D eigenvalue weighted by atomic mass is 10.1. The summed E-state index contributed by atoms with van der Waals surface area (Å²) in [5, 5.41) is 4.14. The van der Waals surface area contributed by atoms with Crippen molar-refractivity contribution in [2.24, 2.45) is 7.05 Å². The fourth-order valence-corrected chi connectivity index (χ4v) is 1.73. The number of nitrogens with zero attached hydrogens (tertiary/aromatic N) is 3. The zero-order valence-electron chi connectivity index (χ0n) is 9.43. The van der Waals surface area contributed by atoms with Crippen LogP contribution in [0.2, 0.25) is 0 Å². The smallest absolute Gasteiger partial charge is 0.0521 e. The van der Waals surface area contributed by atoms with Crippen molar-refractivity contribution >= 4 is 5.69 Å². The zero-order chi connectivity index (χ0) is 11.4. The fourth-order valence-electron chi connectivity index (χ4n) is 1.73. The minimum absolute atomic E-state index is 0.834. The number of nitrogens with two attached hydrogens (primary N) is 1. The van der Waals surface area contributed by atoms with Gasteiger partial charge in [0.2, 0.25) is 0 Å². The molecule has 0 spiro atoms. The van der Waals surface area contributed by atoms with E-state index in [0.717, 1.165) is 30.5 Å². The van der Waals surface area contributed by atoms with E-state index in [0.29, 0.717) is 0 Å². The Morgan fingerprint density at radius 1 is 1.31 bits per heavy atom. The number of pyridine rings is 1. The first-order valence-corrected chi connectivity index (χ1v) is 5.41. The molecule has 0 radical (unpaired) electrons. The molecular weight excluding hydrogens is 200 g/mol. The first-order valence-electron chi connectivity index (χ1n) is 5.41. The Bertz CT molecular complexity index is 462. The van der Waals surface area contributed by atoms with Crippen molar-refractivity contribution in [1.82, 2.24) is 14.8 Å². The average molecular weight is 216 g/mol. The molecule has 0 aliphatic heterocycles. The molecule has 0 aromatic carbocycles. The highest BCUT2D eigenvalue weighted by atomic mass is 15.2. The van der Waals surface area contributed by atoms with Crippen LogP contribution in [0.15, 0.2) is 30.9 Å². The standard InChI is InChI=1S/C12H16N4/c1-16-9-10(7-15-16)3-2-4-11-8-14-6-5-12(11)13/h5-9H,2-4H2,1H3,(H2,13,14). The highest BCUT2D eigenvalue weighted by Gasteiger charge is 2.00. The molecule has 2 rings (SSSR count). The molecule has 0 aliphatic rings. The van der Waals surface area contributed by atoms with E-state index in [-0.39, 0.29) is 0 Å². The second kappa shape index (κ2) is 4.79. The van der Waals surface area contributed by atoms with Crippen molar-refractivity contribution in [2.45, 2.75) is 19.3 Å². The van der Waals surface area contributed by atoms with Gasteiger partial charge in [0.1, 0.15) is 0 Å². The van der Waals surface area contributed by atoms with Crippen molar-refractivity contribution in [2.75, 3.05) is 5.73 Å². The van der Waals surface area contributed by atoms with Crippen LogP contribution in [-0.4, -0.2) is 14.8 Å². The summed E-state index contributed by atoms with van der Waals surface area (Å²) in [7, 11) is 1.93. The van der Waals surface area contributed by atoms with Gasteiger partial charge in [0.25, 0.3) is 0 Å². The molecule has 4 nitrogen and oxygen atoms in total. The summed E-state index contributed by atoms with van der Waals surface area (Å²) in [6, 6.07) is 1.85. The highest BCUT2D eigenvalue weighted by molar-refractivity contribution is 5.44. The van der Waals surface area contributed by atoms with E-state index >= 15 is 0 Å². The predicted molar refractivity (Wildman–Crippen MR) is 63.9 cm³/mol. The Labute approximate surface area is 95.1 Å². The third-order valence-electron chi connectivity index (χ3n) is 2.61. The molecule has 0 atom stereocenters. The van der Waals surface area contributed by atoms with Gasteiger partial charge in [-0.25, -0.2) is 0 Å². The summed E-state index contributed by atoms with van der Waals surface area (Å²) in [5.74, 6) is 0. The molecule has 0 amide bonds. The summed E-state index contributed by atoms with van der Waals surface area (Å²) >= 11 is 0. The second-order valence-corrected chi connectivity index (χ2v) is 3.95. The van der Waals surface area contributed by atoms with Gasteiger partial charge in [-0.2, -0.15) is 5.10 Å². The first kappa shape index (κ1) is 10.7. The van der Waals surface area contributed by atoms with Crippen molar-refractivity contribution < 1.29 is 0 Å². The topological polar surface area (TPSA) is 56.7 Å². The van der Waals surface area contributed by atoms with Gasteiger partial charge in [0, 0.05) is 31.3 Å². The van der Waals surface area contributed by atoms with Crippen molar-refractivity contribution in [1.29, 1.82) is 0 Å². The summed E-state index contributed by atoms with van der Waals surface area (Å²) < 4.78 is 1.83. The van der Waals surface area contributed by atoms with Gasteiger partial charge in [-0.05, 0) is 36.5 Å². The number of aromatic nitrogens is 3. The van der Waals surface area contributed by atoms with Crippen molar-refractivity contribution in [3.05, 3.63) is 42.0 Å². The quantitative estimate of drug-likeness (QED) is 0.844. The van der Waals surface area contributed by atoms with Gasteiger partial charge in [-0.15, -0.1) is 0 Å². The van der Waals surface area contributed by atoms with Gasteiger partial charge < -0.3 is 5.73 Å². The van der Waals surface area contributed by atoms with E-state index in [1.807, 2.05) is 36.4 Å². The van der Waals surface area contributed by atoms with E-state index in [1.165, 1.54) is 5.56 Å². The Morgan fingerprint density at radius 3 is 2.88 bits per heavy atom. The van der Waals surface area contributed by atoms with Crippen LogP contribution >= 0.6 is 0 Å². The molecule has 0 unspecified atom stereocenters. The van der Waals surface area contributed by atoms with Crippen LogP contribution in [0.3, 0.4) is 0 Å². The van der Waals surface area contributed by atoms with Gasteiger partial charge in [-0.1, -0.05) is 0 Å². The summed E-state index contributed by atoms with van der Waals surface area (Å²) in [6.07, 6.45) is 10.6. The average Bonchev–Trinajstić information content (AvgIpc) is 2.67. The number of rotatable bonds is 4. The van der Waals surface area contributed by atoms with Crippen LogP contribution in [0, 0.1) is 0 Å². The number of aryl methyl sites for hydroxylation is 3. The zero-order valence-corrected chi connectivity index (χ0v) is 9.43. The van der Waals surface area contributed by atoms with E-state index in [9.17, 15) is 0 Å². The lowest BCUT2D eigenvalue weighted by Gasteiger charge is -2.03. The molecule has 2 heterocycles. The highest BCUT2D eigenvalue weighted by Crippen LogP contribution is 2.12. The molecule has 0 fully saturated rings. The minimum Gasteiger partial charge on any atom is -0.398 e.